The molecule has 0 aromatic carbocycles. The van der Waals surface area contributed by atoms with Crippen molar-refractivity contribution in [1.29, 1.82) is 0 Å². The Morgan fingerprint density at radius 2 is 2.10 bits per heavy atom. The topological polar surface area (TPSA) is 46.2 Å². The zero-order valence-electron chi connectivity index (χ0n) is 7.22. The summed E-state index contributed by atoms with van der Waals surface area (Å²) < 4.78 is 0. The third kappa shape index (κ3) is 2.67. The van der Waals surface area contributed by atoms with Crippen molar-refractivity contribution in [2.24, 2.45) is 11.7 Å². The molecule has 0 saturated heterocycles. The maximum Gasteiger partial charge on any atom is 0.0766 e. The van der Waals surface area contributed by atoms with E-state index in [1.807, 2.05) is 6.92 Å². The van der Waals surface area contributed by atoms with Crippen LogP contribution in [0.5, 0.6) is 0 Å². The average Bonchev–Trinajstić information content (AvgIpc) is 1.89. The minimum atomic E-state index is -0.671. The van der Waals surface area contributed by atoms with E-state index in [9.17, 15) is 5.11 Å². The summed E-state index contributed by atoms with van der Waals surface area (Å²) in [6, 6.07) is 0. The van der Waals surface area contributed by atoms with Gasteiger partial charge in [-0.3, -0.25) is 0 Å². The number of hydrogen-bond donors (Lipinski definition) is 2. The highest BCUT2D eigenvalue weighted by Gasteiger charge is 2.25. The van der Waals surface area contributed by atoms with Crippen LogP contribution in [0.4, 0.5) is 0 Å². The predicted octanol–water partition coefficient (Wildman–Crippen LogP) is 1.13. The first-order valence-electron chi connectivity index (χ1n) is 3.97. The van der Waals surface area contributed by atoms with Crippen molar-refractivity contribution in [3.8, 4) is 0 Å². The lowest BCUT2D eigenvalue weighted by Gasteiger charge is -2.28. The average molecular weight is 145 g/mol. The molecule has 0 heterocycles. The molecule has 2 atom stereocenters. The van der Waals surface area contributed by atoms with Gasteiger partial charge in [-0.05, 0) is 19.3 Å². The SMILES string of the molecule is CCCC(C)C(C)(O)CN. The molecule has 0 aliphatic heterocycles. The monoisotopic (exact) mass is 145 g/mol. The van der Waals surface area contributed by atoms with Gasteiger partial charge in [0.15, 0.2) is 0 Å². The highest BCUT2D eigenvalue weighted by molar-refractivity contribution is 4.79. The fourth-order valence-corrected chi connectivity index (χ4v) is 0.945. The van der Waals surface area contributed by atoms with E-state index >= 15 is 0 Å². The molecule has 3 N–H and O–H groups in total. The molecule has 0 rings (SSSR count). The van der Waals surface area contributed by atoms with Crippen LogP contribution in [-0.2, 0) is 0 Å². The van der Waals surface area contributed by atoms with Crippen LogP contribution in [0.25, 0.3) is 0 Å². The minimum Gasteiger partial charge on any atom is -0.389 e. The number of hydrogen-bond acceptors (Lipinski definition) is 2. The van der Waals surface area contributed by atoms with Crippen molar-refractivity contribution in [2.45, 2.75) is 39.2 Å². The summed E-state index contributed by atoms with van der Waals surface area (Å²) >= 11 is 0. The zero-order valence-corrected chi connectivity index (χ0v) is 7.22. The third-order valence-corrected chi connectivity index (χ3v) is 2.20. The molecule has 0 aromatic heterocycles. The van der Waals surface area contributed by atoms with Crippen molar-refractivity contribution < 1.29 is 5.11 Å². The maximum absolute atomic E-state index is 9.60. The second kappa shape index (κ2) is 3.94. The van der Waals surface area contributed by atoms with Gasteiger partial charge in [-0.15, -0.1) is 0 Å². The van der Waals surface area contributed by atoms with Gasteiger partial charge in [-0.2, -0.15) is 0 Å². The fraction of sp³-hybridized carbons (Fsp3) is 1.00. The Hall–Kier alpha value is -0.0800. The smallest absolute Gasteiger partial charge is 0.0766 e. The number of nitrogens with two attached hydrogens (primary N) is 1. The summed E-state index contributed by atoms with van der Waals surface area (Å²) in [6.45, 7) is 6.31. The summed E-state index contributed by atoms with van der Waals surface area (Å²) in [6.07, 6.45) is 2.15. The van der Waals surface area contributed by atoms with Gasteiger partial charge in [-0.25, -0.2) is 0 Å². The van der Waals surface area contributed by atoms with E-state index in [-0.39, 0.29) is 0 Å². The highest BCUT2D eigenvalue weighted by Crippen LogP contribution is 2.19. The lowest BCUT2D eigenvalue weighted by atomic mass is 9.87. The summed E-state index contributed by atoms with van der Waals surface area (Å²) in [7, 11) is 0. The van der Waals surface area contributed by atoms with E-state index in [4.69, 9.17) is 5.73 Å². The number of rotatable bonds is 4. The second-order valence-electron chi connectivity index (χ2n) is 3.25. The van der Waals surface area contributed by atoms with E-state index in [1.165, 1.54) is 0 Å². The van der Waals surface area contributed by atoms with Gasteiger partial charge in [-0.1, -0.05) is 20.3 Å². The van der Waals surface area contributed by atoms with E-state index in [0.717, 1.165) is 12.8 Å². The first kappa shape index (κ1) is 9.92. The van der Waals surface area contributed by atoms with Gasteiger partial charge in [0.25, 0.3) is 0 Å². The van der Waals surface area contributed by atoms with E-state index in [2.05, 4.69) is 6.92 Å². The quantitative estimate of drug-likeness (QED) is 0.623. The van der Waals surface area contributed by atoms with Gasteiger partial charge in [0, 0.05) is 6.54 Å². The molecule has 0 aromatic rings. The molecule has 0 spiro atoms. The van der Waals surface area contributed by atoms with Crippen molar-refractivity contribution in [2.75, 3.05) is 6.54 Å². The molecule has 2 heteroatoms. The second-order valence-corrected chi connectivity index (χ2v) is 3.25. The molecule has 10 heavy (non-hydrogen) atoms. The molecule has 2 nitrogen and oxygen atoms in total. The highest BCUT2D eigenvalue weighted by atomic mass is 16.3. The van der Waals surface area contributed by atoms with Gasteiger partial charge >= 0.3 is 0 Å². The molecule has 0 aliphatic rings. The molecule has 62 valence electrons. The van der Waals surface area contributed by atoms with Crippen molar-refractivity contribution in [1.82, 2.24) is 0 Å². The third-order valence-electron chi connectivity index (χ3n) is 2.20. The van der Waals surface area contributed by atoms with Crippen LogP contribution >= 0.6 is 0 Å². The molecule has 2 unspecified atom stereocenters. The van der Waals surface area contributed by atoms with Crippen LogP contribution in [0.3, 0.4) is 0 Å². The Morgan fingerprint density at radius 3 is 2.40 bits per heavy atom. The standard InChI is InChI=1S/C8H19NO/c1-4-5-7(2)8(3,10)6-9/h7,10H,4-6,9H2,1-3H3. The maximum atomic E-state index is 9.60. The van der Waals surface area contributed by atoms with Crippen molar-refractivity contribution in [3.63, 3.8) is 0 Å². The van der Waals surface area contributed by atoms with Crippen LogP contribution in [0.2, 0.25) is 0 Å². The Labute approximate surface area is 63.4 Å². The minimum absolute atomic E-state index is 0.308. The van der Waals surface area contributed by atoms with Crippen LogP contribution in [0.15, 0.2) is 0 Å². The van der Waals surface area contributed by atoms with E-state index < -0.39 is 5.60 Å². The first-order valence-corrected chi connectivity index (χ1v) is 3.97. The molecule has 0 aliphatic carbocycles. The predicted molar refractivity (Wildman–Crippen MR) is 43.8 cm³/mol. The fourth-order valence-electron chi connectivity index (χ4n) is 0.945. The molecule has 0 bridgehead atoms. The Balaban J connectivity index is 3.78. The molecular weight excluding hydrogens is 126 g/mol. The Morgan fingerprint density at radius 1 is 1.60 bits per heavy atom. The Bertz CT molecular complexity index is 91.3. The zero-order chi connectivity index (χ0) is 8.20. The molecule has 0 fully saturated rings. The van der Waals surface area contributed by atoms with Crippen LogP contribution in [0.1, 0.15) is 33.6 Å². The number of aliphatic hydroxyl groups is 1. The van der Waals surface area contributed by atoms with Crippen molar-refractivity contribution in [3.05, 3.63) is 0 Å². The van der Waals surface area contributed by atoms with Crippen LogP contribution < -0.4 is 5.73 Å². The summed E-state index contributed by atoms with van der Waals surface area (Å²) in [4.78, 5) is 0. The first-order chi connectivity index (χ1) is 4.54. The van der Waals surface area contributed by atoms with Gasteiger partial charge < -0.3 is 10.8 Å². The molecular formula is C8H19NO. The van der Waals surface area contributed by atoms with Crippen LogP contribution in [-0.4, -0.2) is 17.3 Å². The van der Waals surface area contributed by atoms with Gasteiger partial charge in [0.1, 0.15) is 0 Å². The summed E-state index contributed by atoms with van der Waals surface area (Å²) in [5, 5.41) is 9.60. The van der Waals surface area contributed by atoms with Crippen molar-refractivity contribution >= 4 is 0 Å². The lowest BCUT2D eigenvalue weighted by Crippen LogP contribution is -2.40. The summed E-state index contributed by atoms with van der Waals surface area (Å²) in [5.74, 6) is 0.308. The largest absolute Gasteiger partial charge is 0.389 e. The van der Waals surface area contributed by atoms with Gasteiger partial charge in [0.2, 0.25) is 0 Å². The molecule has 0 saturated carbocycles. The van der Waals surface area contributed by atoms with Gasteiger partial charge in [0.05, 0.1) is 5.60 Å². The van der Waals surface area contributed by atoms with E-state index in [0.29, 0.717) is 12.5 Å². The lowest BCUT2D eigenvalue weighted by molar-refractivity contribution is 0.0113. The Kier molecular flexibility index (Phi) is 3.91. The normalized spacial score (nSPS) is 20.1. The summed E-state index contributed by atoms with van der Waals surface area (Å²) in [5.41, 5.74) is 4.72. The molecule has 0 radical (unpaired) electrons. The van der Waals surface area contributed by atoms with Crippen LogP contribution in [0, 0.1) is 5.92 Å². The molecule has 0 amide bonds. The van der Waals surface area contributed by atoms with E-state index in [1.54, 1.807) is 6.92 Å².